The highest BCUT2D eigenvalue weighted by Gasteiger charge is 2.25. The lowest BCUT2D eigenvalue weighted by molar-refractivity contribution is 0.368. The molecule has 1 unspecified atom stereocenters. The molecule has 0 radical (unpaired) electrons. The van der Waals surface area contributed by atoms with Crippen LogP contribution in [0.5, 0.6) is 0 Å². The van der Waals surface area contributed by atoms with Gasteiger partial charge in [-0.05, 0) is 19.4 Å². The van der Waals surface area contributed by atoms with Crippen molar-refractivity contribution in [2.45, 2.75) is 37.6 Å². The standard InChI is InChI=1S/C12H21N3O2S/c1-5-6-10(2)15(4)18(16,17)11-7-8-14-12(9-11)13-3/h7-10H,5-6H2,1-4H3,(H,13,14). The first-order valence-corrected chi connectivity index (χ1v) is 7.49. The molecule has 18 heavy (non-hydrogen) atoms. The molecule has 102 valence electrons. The van der Waals surface area contributed by atoms with Crippen molar-refractivity contribution >= 4 is 15.8 Å². The second-order valence-corrected chi connectivity index (χ2v) is 6.28. The summed E-state index contributed by atoms with van der Waals surface area (Å²) in [6, 6.07) is 3.06. The first kappa shape index (κ1) is 14.9. The van der Waals surface area contributed by atoms with Gasteiger partial charge in [-0.15, -0.1) is 0 Å². The number of sulfonamides is 1. The fourth-order valence-corrected chi connectivity index (χ4v) is 3.12. The Hall–Kier alpha value is -1.14. The van der Waals surface area contributed by atoms with E-state index in [1.807, 2.05) is 13.8 Å². The van der Waals surface area contributed by atoms with E-state index < -0.39 is 10.0 Å². The Kier molecular flexibility index (Phi) is 5.10. The van der Waals surface area contributed by atoms with Crippen LogP contribution in [0, 0.1) is 0 Å². The molecule has 1 N–H and O–H groups in total. The van der Waals surface area contributed by atoms with E-state index >= 15 is 0 Å². The highest BCUT2D eigenvalue weighted by atomic mass is 32.2. The molecule has 0 aliphatic rings. The number of nitrogens with one attached hydrogen (secondary N) is 1. The largest absolute Gasteiger partial charge is 0.373 e. The minimum absolute atomic E-state index is 0.00815. The van der Waals surface area contributed by atoms with E-state index in [9.17, 15) is 8.42 Å². The number of hydrogen-bond acceptors (Lipinski definition) is 4. The van der Waals surface area contributed by atoms with Gasteiger partial charge in [-0.2, -0.15) is 4.31 Å². The van der Waals surface area contributed by atoms with Crippen LogP contribution in [0.3, 0.4) is 0 Å². The summed E-state index contributed by atoms with van der Waals surface area (Å²) in [6.07, 6.45) is 3.30. The maximum Gasteiger partial charge on any atom is 0.243 e. The summed E-state index contributed by atoms with van der Waals surface area (Å²) in [6.45, 7) is 3.96. The van der Waals surface area contributed by atoms with Crippen LogP contribution < -0.4 is 5.32 Å². The molecule has 1 atom stereocenters. The molecular formula is C12H21N3O2S. The van der Waals surface area contributed by atoms with Gasteiger partial charge in [0.1, 0.15) is 5.82 Å². The molecule has 1 heterocycles. The van der Waals surface area contributed by atoms with Crippen LogP contribution in [0.15, 0.2) is 23.2 Å². The molecule has 0 saturated heterocycles. The first-order valence-electron chi connectivity index (χ1n) is 6.05. The number of rotatable bonds is 6. The van der Waals surface area contributed by atoms with Crippen molar-refractivity contribution in [2.75, 3.05) is 19.4 Å². The Morgan fingerprint density at radius 2 is 2.17 bits per heavy atom. The molecule has 1 rings (SSSR count). The molecular weight excluding hydrogens is 250 g/mol. The van der Waals surface area contributed by atoms with Gasteiger partial charge in [-0.1, -0.05) is 13.3 Å². The van der Waals surface area contributed by atoms with Gasteiger partial charge in [0.2, 0.25) is 10.0 Å². The Bertz CT molecular complexity index is 488. The van der Waals surface area contributed by atoms with Crippen molar-refractivity contribution in [2.24, 2.45) is 0 Å². The minimum atomic E-state index is -3.44. The van der Waals surface area contributed by atoms with Crippen molar-refractivity contribution in [1.29, 1.82) is 0 Å². The van der Waals surface area contributed by atoms with Gasteiger partial charge in [0.25, 0.3) is 0 Å². The predicted molar refractivity (Wildman–Crippen MR) is 73.1 cm³/mol. The Morgan fingerprint density at radius 3 is 2.72 bits per heavy atom. The lowest BCUT2D eigenvalue weighted by atomic mass is 10.2. The number of anilines is 1. The van der Waals surface area contributed by atoms with Crippen molar-refractivity contribution in [3.8, 4) is 0 Å². The van der Waals surface area contributed by atoms with E-state index in [4.69, 9.17) is 0 Å². The SMILES string of the molecule is CCCC(C)N(C)S(=O)(=O)c1ccnc(NC)c1. The topological polar surface area (TPSA) is 62.3 Å². The van der Waals surface area contributed by atoms with Crippen molar-refractivity contribution in [1.82, 2.24) is 9.29 Å². The second kappa shape index (κ2) is 6.15. The molecule has 0 aromatic carbocycles. The Morgan fingerprint density at radius 1 is 1.50 bits per heavy atom. The second-order valence-electron chi connectivity index (χ2n) is 4.29. The van der Waals surface area contributed by atoms with E-state index in [0.717, 1.165) is 12.8 Å². The quantitative estimate of drug-likeness (QED) is 0.859. The monoisotopic (exact) mass is 271 g/mol. The van der Waals surface area contributed by atoms with E-state index in [0.29, 0.717) is 5.82 Å². The number of pyridine rings is 1. The van der Waals surface area contributed by atoms with E-state index in [2.05, 4.69) is 10.3 Å². The predicted octanol–water partition coefficient (Wildman–Crippen LogP) is 1.93. The maximum absolute atomic E-state index is 12.4. The van der Waals surface area contributed by atoms with Gasteiger partial charge >= 0.3 is 0 Å². The van der Waals surface area contributed by atoms with Gasteiger partial charge in [0.15, 0.2) is 0 Å². The number of aromatic nitrogens is 1. The number of nitrogens with zero attached hydrogens (tertiary/aromatic N) is 2. The van der Waals surface area contributed by atoms with Gasteiger partial charge < -0.3 is 5.32 Å². The zero-order chi connectivity index (χ0) is 13.8. The van der Waals surface area contributed by atoms with Gasteiger partial charge in [0.05, 0.1) is 4.90 Å². The molecule has 6 heteroatoms. The third kappa shape index (κ3) is 3.20. The van der Waals surface area contributed by atoms with Crippen LogP contribution in [0.2, 0.25) is 0 Å². The van der Waals surface area contributed by atoms with Crippen molar-refractivity contribution in [3.63, 3.8) is 0 Å². The highest BCUT2D eigenvalue weighted by molar-refractivity contribution is 7.89. The molecule has 0 amide bonds. The molecule has 0 aliphatic heterocycles. The lowest BCUT2D eigenvalue weighted by Crippen LogP contribution is -2.35. The smallest absolute Gasteiger partial charge is 0.243 e. The summed E-state index contributed by atoms with van der Waals surface area (Å²) in [7, 11) is -0.109. The Balaban J connectivity index is 3.05. The maximum atomic E-state index is 12.4. The van der Waals surface area contributed by atoms with Crippen LogP contribution in [-0.2, 0) is 10.0 Å². The van der Waals surface area contributed by atoms with Crippen LogP contribution in [-0.4, -0.2) is 37.8 Å². The molecule has 5 nitrogen and oxygen atoms in total. The molecule has 0 saturated carbocycles. The third-order valence-electron chi connectivity index (χ3n) is 2.99. The summed E-state index contributed by atoms with van der Waals surface area (Å²) >= 11 is 0. The van der Waals surface area contributed by atoms with Crippen LogP contribution >= 0.6 is 0 Å². The molecule has 1 aromatic heterocycles. The highest BCUT2D eigenvalue weighted by Crippen LogP contribution is 2.19. The van der Waals surface area contributed by atoms with Crippen molar-refractivity contribution in [3.05, 3.63) is 18.3 Å². The zero-order valence-electron chi connectivity index (χ0n) is 11.3. The fraction of sp³-hybridized carbons (Fsp3) is 0.583. The normalized spacial score (nSPS) is 13.6. The third-order valence-corrected chi connectivity index (χ3v) is 4.96. The molecule has 0 spiro atoms. The van der Waals surface area contributed by atoms with E-state index in [1.54, 1.807) is 20.2 Å². The lowest BCUT2D eigenvalue weighted by Gasteiger charge is -2.24. The molecule has 0 bridgehead atoms. The van der Waals surface area contributed by atoms with Gasteiger partial charge in [0, 0.05) is 32.4 Å². The minimum Gasteiger partial charge on any atom is -0.373 e. The van der Waals surface area contributed by atoms with Crippen LogP contribution in [0.1, 0.15) is 26.7 Å². The fourth-order valence-electron chi connectivity index (χ4n) is 1.71. The van der Waals surface area contributed by atoms with Gasteiger partial charge in [-0.25, -0.2) is 13.4 Å². The summed E-state index contributed by atoms with van der Waals surface area (Å²) in [4.78, 5) is 4.29. The molecule has 1 aromatic rings. The molecule has 0 aliphatic carbocycles. The summed E-state index contributed by atoms with van der Waals surface area (Å²) in [5.74, 6) is 0.549. The summed E-state index contributed by atoms with van der Waals surface area (Å²) < 4.78 is 26.2. The van der Waals surface area contributed by atoms with E-state index in [-0.39, 0.29) is 10.9 Å². The van der Waals surface area contributed by atoms with E-state index in [1.165, 1.54) is 16.6 Å². The zero-order valence-corrected chi connectivity index (χ0v) is 12.2. The average Bonchev–Trinajstić information content (AvgIpc) is 2.38. The average molecular weight is 271 g/mol. The summed E-state index contributed by atoms with van der Waals surface area (Å²) in [5, 5.41) is 2.84. The molecule has 0 fully saturated rings. The first-order chi connectivity index (χ1) is 8.43. The Labute approximate surface area is 109 Å². The van der Waals surface area contributed by atoms with Crippen LogP contribution in [0.4, 0.5) is 5.82 Å². The number of hydrogen-bond donors (Lipinski definition) is 1. The van der Waals surface area contributed by atoms with Gasteiger partial charge in [-0.3, -0.25) is 0 Å². The van der Waals surface area contributed by atoms with Crippen molar-refractivity contribution < 1.29 is 8.42 Å². The summed E-state index contributed by atoms with van der Waals surface area (Å²) in [5.41, 5.74) is 0. The van der Waals surface area contributed by atoms with Crippen LogP contribution in [0.25, 0.3) is 0 Å².